The van der Waals surface area contributed by atoms with E-state index < -0.39 is 11.7 Å². The molecular weight excluding hydrogens is 251 g/mol. The van der Waals surface area contributed by atoms with Crippen molar-refractivity contribution in [1.82, 2.24) is 10.6 Å². The average Bonchev–Trinajstić information content (AvgIpc) is 2.43. The Morgan fingerprint density at radius 1 is 1.32 bits per heavy atom. The van der Waals surface area contributed by atoms with E-state index >= 15 is 0 Å². The lowest BCUT2D eigenvalue weighted by molar-refractivity contribution is 0.0946. The van der Waals surface area contributed by atoms with Crippen LogP contribution in [0.4, 0.5) is 4.39 Å². The van der Waals surface area contributed by atoms with Gasteiger partial charge >= 0.3 is 0 Å². The lowest BCUT2D eigenvalue weighted by Gasteiger charge is -2.13. The van der Waals surface area contributed by atoms with Crippen molar-refractivity contribution in [3.05, 3.63) is 23.5 Å². The number of amides is 1. The van der Waals surface area contributed by atoms with Crippen LogP contribution in [0.5, 0.6) is 11.5 Å². The topological polar surface area (TPSA) is 59.6 Å². The molecule has 19 heavy (non-hydrogen) atoms. The van der Waals surface area contributed by atoms with E-state index in [-0.39, 0.29) is 17.4 Å². The van der Waals surface area contributed by atoms with Gasteiger partial charge < -0.3 is 20.1 Å². The lowest BCUT2D eigenvalue weighted by Crippen LogP contribution is -2.37. The van der Waals surface area contributed by atoms with Crippen molar-refractivity contribution in [2.75, 3.05) is 27.8 Å². The molecule has 1 unspecified atom stereocenters. The number of methoxy groups -OCH3 is 2. The van der Waals surface area contributed by atoms with E-state index in [4.69, 9.17) is 9.47 Å². The van der Waals surface area contributed by atoms with Crippen LogP contribution in [0.3, 0.4) is 0 Å². The largest absolute Gasteiger partial charge is 0.493 e. The normalized spacial score (nSPS) is 11.8. The van der Waals surface area contributed by atoms with Crippen LogP contribution in [-0.2, 0) is 0 Å². The van der Waals surface area contributed by atoms with E-state index in [0.717, 1.165) is 6.07 Å². The molecule has 0 aliphatic carbocycles. The van der Waals surface area contributed by atoms with Crippen LogP contribution in [0, 0.1) is 5.82 Å². The number of hydrogen-bond acceptors (Lipinski definition) is 4. The van der Waals surface area contributed by atoms with Crippen molar-refractivity contribution in [2.45, 2.75) is 13.0 Å². The summed E-state index contributed by atoms with van der Waals surface area (Å²) in [5, 5.41) is 5.62. The summed E-state index contributed by atoms with van der Waals surface area (Å²) < 4.78 is 23.8. The van der Waals surface area contributed by atoms with E-state index in [1.54, 1.807) is 7.05 Å². The van der Waals surface area contributed by atoms with Gasteiger partial charge in [-0.1, -0.05) is 0 Å². The number of carbonyl (C=O) groups excluding carboxylic acids is 1. The van der Waals surface area contributed by atoms with Crippen LogP contribution in [0.1, 0.15) is 17.3 Å². The molecular formula is C13H19FN2O3. The van der Waals surface area contributed by atoms with Crippen molar-refractivity contribution in [3.8, 4) is 11.5 Å². The van der Waals surface area contributed by atoms with Crippen LogP contribution in [0.15, 0.2) is 12.1 Å². The molecule has 0 radical (unpaired) electrons. The van der Waals surface area contributed by atoms with Gasteiger partial charge in [-0.25, -0.2) is 4.39 Å². The maximum atomic E-state index is 13.8. The molecule has 6 heteroatoms. The molecule has 0 fully saturated rings. The van der Waals surface area contributed by atoms with Gasteiger partial charge in [-0.3, -0.25) is 4.79 Å². The molecule has 0 heterocycles. The zero-order valence-electron chi connectivity index (χ0n) is 11.5. The highest BCUT2D eigenvalue weighted by Gasteiger charge is 2.17. The number of hydrogen-bond donors (Lipinski definition) is 2. The molecule has 5 nitrogen and oxygen atoms in total. The summed E-state index contributed by atoms with van der Waals surface area (Å²) in [6.45, 7) is 2.31. The van der Waals surface area contributed by atoms with E-state index in [1.165, 1.54) is 20.3 Å². The molecule has 0 saturated carbocycles. The van der Waals surface area contributed by atoms with Crippen LogP contribution in [0.2, 0.25) is 0 Å². The minimum Gasteiger partial charge on any atom is -0.493 e. The van der Waals surface area contributed by atoms with Gasteiger partial charge in [-0.2, -0.15) is 0 Å². The molecule has 0 aliphatic heterocycles. The highest BCUT2D eigenvalue weighted by Crippen LogP contribution is 2.29. The van der Waals surface area contributed by atoms with Gasteiger partial charge in [0.05, 0.1) is 19.8 Å². The van der Waals surface area contributed by atoms with Crippen molar-refractivity contribution in [2.24, 2.45) is 0 Å². The number of nitrogens with one attached hydrogen (secondary N) is 2. The number of likely N-dealkylation sites (N-methyl/N-ethyl adjacent to an activating group) is 1. The first-order valence-corrected chi connectivity index (χ1v) is 5.90. The zero-order valence-corrected chi connectivity index (χ0v) is 11.5. The van der Waals surface area contributed by atoms with Crippen molar-refractivity contribution >= 4 is 5.91 Å². The quantitative estimate of drug-likeness (QED) is 0.815. The predicted molar refractivity (Wildman–Crippen MR) is 70.4 cm³/mol. The van der Waals surface area contributed by atoms with Crippen LogP contribution >= 0.6 is 0 Å². The smallest absolute Gasteiger partial charge is 0.254 e. The van der Waals surface area contributed by atoms with Gasteiger partial charge in [-0.15, -0.1) is 0 Å². The van der Waals surface area contributed by atoms with E-state index in [2.05, 4.69) is 10.6 Å². The molecule has 0 aliphatic rings. The summed E-state index contributed by atoms with van der Waals surface area (Å²) >= 11 is 0. The Labute approximate surface area is 112 Å². The highest BCUT2D eigenvalue weighted by molar-refractivity contribution is 5.95. The van der Waals surface area contributed by atoms with Gasteiger partial charge in [0.2, 0.25) is 0 Å². The van der Waals surface area contributed by atoms with Crippen molar-refractivity contribution < 1.29 is 18.7 Å². The minimum absolute atomic E-state index is 0.0686. The first kappa shape index (κ1) is 15.2. The summed E-state index contributed by atoms with van der Waals surface area (Å²) in [6, 6.07) is 2.56. The van der Waals surface area contributed by atoms with E-state index in [1.807, 2.05) is 6.92 Å². The monoisotopic (exact) mass is 270 g/mol. The van der Waals surface area contributed by atoms with Crippen molar-refractivity contribution in [3.63, 3.8) is 0 Å². The summed E-state index contributed by atoms with van der Waals surface area (Å²) in [7, 11) is 4.62. The molecule has 106 valence electrons. The van der Waals surface area contributed by atoms with Crippen LogP contribution in [-0.4, -0.2) is 39.8 Å². The third-order valence-corrected chi connectivity index (χ3v) is 2.78. The van der Waals surface area contributed by atoms with Gasteiger partial charge in [-0.05, 0) is 20.0 Å². The number of carbonyl (C=O) groups is 1. The van der Waals surface area contributed by atoms with E-state index in [0.29, 0.717) is 12.3 Å². The lowest BCUT2D eigenvalue weighted by atomic mass is 10.1. The average molecular weight is 270 g/mol. The Kier molecular flexibility index (Phi) is 5.57. The zero-order chi connectivity index (χ0) is 14.4. The summed E-state index contributed by atoms with van der Waals surface area (Å²) in [5.74, 6) is -0.566. The second kappa shape index (κ2) is 6.94. The Bertz CT molecular complexity index is 452. The molecule has 1 atom stereocenters. The fourth-order valence-corrected chi connectivity index (χ4v) is 1.47. The Hall–Kier alpha value is -1.82. The fraction of sp³-hybridized carbons (Fsp3) is 0.462. The summed E-state index contributed by atoms with van der Waals surface area (Å²) in [4.78, 5) is 11.9. The third kappa shape index (κ3) is 3.82. The maximum Gasteiger partial charge on any atom is 0.254 e. The number of halogens is 1. The van der Waals surface area contributed by atoms with Crippen LogP contribution in [0.25, 0.3) is 0 Å². The number of rotatable bonds is 6. The minimum atomic E-state index is -0.646. The Morgan fingerprint density at radius 3 is 2.42 bits per heavy atom. The van der Waals surface area contributed by atoms with Crippen LogP contribution < -0.4 is 20.1 Å². The Balaban J connectivity index is 2.90. The first-order valence-electron chi connectivity index (χ1n) is 5.90. The molecule has 2 N–H and O–H groups in total. The standard InChI is InChI=1S/C13H19FN2O3/c1-8(15-2)7-16-13(17)9-5-11(18-3)12(19-4)6-10(9)14/h5-6,8,15H,7H2,1-4H3,(H,16,17). The van der Waals surface area contributed by atoms with Crippen molar-refractivity contribution in [1.29, 1.82) is 0 Å². The number of ether oxygens (including phenoxy) is 2. The summed E-state index contributed by atoms with van der Waals surface area (Å²) in [5.41, 5.74) is -0.0686. The molecule has 1 aromatic rings. The molecule has 0 saturated heterocycles. The van der Waals surface area contributed by atoms with Gasteiger partial charge in [0.15, 0.2) is 11.5 Å². The summed E-state index contributed by atoms with van der Waals surface area (Å²) in [6.07, 6.45) is 0. The fourth-order valence-electron chi connectivity index (χ4n) is 1.47. The van der Waals surface area contributed by atoms with Gasteiger partial charge in [0.1, 0.15) is 5.82 Å². The van der Waals surface area contributed by atoms with E-state index in [9.17, 15) is 9.18 Å². The molecule has 1 aromatic carbocycles. The second-order valence-electron chi connectivity index (χ2n) is 4.09. The maximum absolute atomic E-state index is 13.8. The molecule has 1 amide bonds. The second-order valence-corrected chi connectivity index (χ2v) is 4.09. The highest BCUT2D eigenvalue weighted by atomic mass is 19.1. The molecule has 0 aromatic heterocycles. The first-order chi connectivity index (χ1) is 9.03. The number of benzene rings is 1. The molecule has 1 rings (SSSR count). The van der Waals surface area contributed by atoms with Gasteiger partial charge in [0.25, 0.3) is 5.91 Å². The Morgan fingerprint density at radius 2 is 1.89 bits per heavy atom. The molecule has 0 bridgehead atoms. The predicted octanol–water partition coefficient (Wildman–Crippen LogP) is 1.18. The SMILES string of the molecule is CNC(C)CNC(=O)c1cc(OC)c(OC)cc1F. The molecule has 0 spiro atoms. The third-order valence-electron chi connectivity index (χ3n) is 2.78. The van der Waals surface area contributed by atoms with Gasteiger partial charge in [0, 0.05) is 18.7 Å².